The molecule has 0 bridgehead atoms. The van der Waals surface area contributed by atoms with Crippen molar-refractivity contribution in [2.75, 3.05) is 35.5 Å². The molecule has 10 nitrogen and oxygen atoms in total. The number of aromatic carboxylic acids is 1. The minimum absolute atomic E-state index is 0.167. The average Bonchev–Trinajstić information content (AvgIpc) is 3.12. The second-order valence-electron chi connectivity index (χ2n) is 5.66. The molecule has 160 valence electrons. The highest BCUT2D eigenvalue weighted by molar-refractivity contribution is 6.04. The van der Waals surface area contributed by atoms with Gasteiger partial charge in [0.1, 0.15) is 12.8 Å². The van der Waals surface area contributed by atoms with Crippen LogP contribution in [0.1, 0.15) is 21.7 Å². The van der Waals surface area contributed by atoms with E-state index in [0.717, 1.165) is 6.08 Å². The minimum Gasteiger partial charge on any atom is -0.493 e. The molecule has 2 aromatic rings. The molecule has 0 amide bonds. The highest BCUT2D eigenvalue weighted by Crippen LogP contribution is 2.46. The summed E-state index contributed by atoms with van der Waals surface area (Å²) in [7, 11) is 6.95. The van der Waals surface area contributed by atoms with Gasteiger partial charge in [0.05, 0.1) is 40.3 Å². The monoisotopic (exact) mass is 418 g/mol. The standard InChI is InChI=1S/C20H22N2O8/c1-26-14-8-6-12(18(28-3)19(14)29-4)16-11(7-9-15(23)27-2)17(20(24)25)22-13(16)10-21-30-5/h6-10,22H,1-5H3,(H,24,25)/b9-7?,21-10+. The van der Waals surface area contributed by atoms with Crippen LogP contribution in [0.2, 0.25) is 0 Å². The molecule has 0 radical (unpaired) electrons. The minimum atomic E-state index is -1.24. The van der Waals surface area contributed by atoms with Gasteiger partial charge in [-0.1, -0.05) is 5.16 Å². The zero-order chi connectivity index (χ0) is 22.3. The average molecular weight is 418 g/mol. The van der Waals surface area contributed by atoms with Crippen molar-refractivity contribution in [1.29, 1.82) is 0 Å². The van der Waals surface area contributed by atoms with Crippen LogP contribution < -0.4 is 14.2 Å². The Bertz CT molecular complexity index is 991. The first-order valence-electron chi connectivity index (χ1n) is 8.54. The second kappa shape index (κ2) is 10.0. The number of aromatic amines is 1. The first-order chi connectivity index (χ1) is 14.4. The van der Waals surface area contributed by atoms with Gasteiger partial charge in [0, 0.05) is 22.8 Å². The number of rotatable bonds is 9. The van der Waals surface area contributed by atoms with Gasteiger partial charge in [0.25, 0.3) is 0 Å². The number of hydrogen-bond acceptors (Lipinski definition) is 8. The number of carbonyl (C=O) groups excluding carboxylic acids is 1. The maximum Gasteiger partial charge on any atom is 0.352 e. The number of hydrogen-bond donors (Lipinski definition) is 2. The number of benzene rings is 1. The first kappa shape index (κ1) is 22.3. The molecule has 0 aliphatic carbocycles. The van der Waals surface area contributed by atoms with Gasteiger partial charge >= 0.3 is 11.9 Å². The SMILES string of the molecule is CO/N=C/c1[nH]c(C(=O)O)c(C=CC(=O)OC)c1-c1ccc(OC)c(OC)c1OC. The summed E-state index contributed by atoms with van der Waals surface area (Å²) in [4.78, 5) is 31.0. The number of carboxylic acid groups (broad SMARTS) is 1. The van der Waals surface area contributed by atoms with Gasteiger partial charge in [-0.15, -0.1) is 0 Å². The lowest BCUT2D eigenvalue weighted by atomic mass is 9.98. The van der Waals surface area contributed by atoms with Crippen LogP contribution >= 0.6 is 0 Å². The van der Waals surface area contributed by atoms with Crippen molar-refractivity contribution in [2.45, 2.75) is 0 Å². The number of nitrogens with one attached hydrogen (secondary N) is 1. The van der Waals surface area contributed by atoms with Gasteiger partial charge in [-0.2, -0.15) is 0 Å². The van der Waals surface area contributed by atoms with Gasteiger partial charge in [-0.25, -0.2) is 9.59 Å². The van der Waals surface area contributed by atoms with Gasteiger partial charge in [-0.05, 0) is 18.2 Å². The molecule has 0 atom stereocenters. The van der Waals surface area contributed by atoms with Gasteiger partial charge in [0.2, 0.25) is 5.75 Å². The molecule has 30 heavy (non-hydrogen) atoms. The lowest BCUT2D eigenvalue weighted by Gasteiger charge is -2.16. The van der Waals surface area contributed by atoms with Crippen LogP contribution in [0.15, 0.2) is 23.4 Å². The fourth-order valence-corrected chi connectivity index (χ4v) is 2.88. The second-order valence-corrected chi connectivity index (χ2v) is 5.66. The summed E-state index contributed by atoms with van der Waals surface area (Å²) in [6.07, 6.45) is 3.76. The number of carboxylic acids is 1. The van der Waals surface area contributed by atoms with Crippen molar-refractivity contribution in [3.05, 3.63) is 35.2 Å². The molecule has 0 saturated heterocycles. The van der Waals surface area contributed by atoms with Crippen LogP contribution in [0.25, 0.3) is 17.2 Å². The molecule has 0 aliphatic rings. The number of carbonyl (C=O) groups is 2. The van der Waals surface area contributed by atoms with Crippen LogP contribution in [0.4, 0.5) is 0 Å². The number of methoxy groups -OCH3 is 4. The third-order valence-corrected chi connectivity index (χ3v) is 4.13. The number of nitrogens with zero attached hydrogens (tertiary/aromatic N) is 1. The fraction of sp³-hybridized carbons (Fsp3) is 0.250. The molecule has 2 rings (SSSR count). The lowest BCUT2D eigenvalue weighted by Crippen LogP contribution is -2.00. The molecule has 0 aliphatic heterocycles. The molecule has 1 aromatic heterocycles. The van der Waals surface area contributed by atoms with E-state index in [-0.39, 0.29) is 11.3 Å². The molecule has 0 spiro atoms. The van der Waals surface area contributed by atoms with Crippen molar-refractivity contribution in [2.24, 2.45) is 5.16 Å². The Kier molecular flexibility index (Phi) is 7.45. The van der Waals surface area contributed by atoms with E-state index in [9.17, 15) is 14.7 Å². The van der Waals surface area contributed by atoms with E-state index in [2.05, 4.69) is 14.9 Å². The Morgan fingerprint density at radius 3 is 2.27 bits per heavy atom. The van der Waals surface area contributed by atoms with Crippen LogP contribution in [-0.2, 0) is 14.4 Å². The lowest BCUT2D eigenvalue weighted by molar-refractivity contribution is -0.134. The van der Waals surface area contributed by atoms with Crippen molar-refractivity contribution in [3.63, 3.8) is 0 Å². The van der Waals surface area contributed by atoms with Crippen molar-refractivity contribution in [3.8, 4) is 28.4 Å². The highest BCUT2D eigenvalue weighted by Gasteiger charge is 2.26. The summed E-state index contributed by atoms with van der Waals surface area (Å²) in [6, 6.07) is 3.32. The predicted molar refractivity (Wildman–Crippen MR) is 108 cm³/mol. The van der Waals surface area contributed by atoms with E-state index in [0.29, 0.717) is 34.1 Å². The molecule has 0 saturated carbocycles. The van der Waals surface area contributed by atoms with Crippen molar-refractivity contribution >= 4 is 24.2 Å². The Hall–Kier alpha value is -3.95. The van der Waals surface area contributed by atoms with Crippen LogP contribution in [-0.4, -0.2) is 63.8 Å². The number of oxime groups is 1. The third-order valence-electron chi connectivity index (χ3n) is 4.13. The molecule has 1 aromatic carbocycles. The van der Waals surface area contributed by atoms with Crippen molar-refractivity contribution in [1.82, 2.24) is 4.98 Å². The van der Waals surface area contributed by atoms with Crippen LogP contribution in [0.5, 0.6) is 17.2 Å². The number of esters is 1. The van der Waals surface area contributed by atoms with Gasteiger partial charge in [0.15, 0.2) is 11.5 Å². The summed E-state index contributed by atoms with van der Waals surface area (Å²) in [5.74, 6) is -0.853. The Morgan fingerprint density at radius 1 is 1.03 bits per heavy atom. The van der Waals surface area contributed by atoms with Gasteiger partial charge < -0.3 is 33.9 Å². The van der Waals surface area contributed by atoms with Crippen molar-refractivity contribution < 1.29 is 38.5 Å². The summed E-state index contributed by atoms with van der Waals surface area (Å²) in [5, 5.41) is 13.4. The molecular formula is C20H22N2O8. The highest BCUT2D eigenvalue weighted by atomic mass is 16.6. The molecule has 0 fully saturated rings. The van der Waals surface area contributed by atoms with E-state index >= 15 is 0 Å². The smallest absolute Gasteiger partial charge is 0.352 e. The van der Waals surface area contributed by atoms with E-state index < -0.39 is 11.9 Å². The quantitative estimate of drug-likeness (QED) is 0.275. The maximum absolute atomic E-state index is 11.9. The predicted octanol–water partition coefficient (Wildman–Crippen LogP) is 2.57. The fourth-order valence-electron chi connectivity index (χ4n) is 2.88. The first-order valence-corrected chi connectivity index (χ1v) is 8.54. The molecular weight excluding hydrogens is 396 g/mol. The summed E-state index contributed by atoms with van der Waals surface area (Å²) < 4.78 is 20.9. The Labute approximate surface area is 172 Å². The molecule has 1 heterocycles. The Balaban J connectivity index is 2.92. The molecule has 0 unspecified atom stereocenters. The third kappa shape index (κ3) is 4.37. The molecule has 10 heteroatoms. The van der Waals surface area contributed by atoms with Crippen LogP contribution in [0.3, 0.4) is 0 Å². The Morgan fingerprint density at radius 2 is 1.73 bits per heavy atom. The van der Waals surface area contributed by atoms with Crippen LogP contribution in [0, 0.1) is 0 Å². The van der Waals surface area contributed by atoms with E-state index in [1.54, 1.807) is 12.1 Å². The molecule has 2 N–H and O–H groups in total. The number of ether oxygens (including phenoxy) is 4. The van der Waals surface area contributed by atoms with E-state index in [1.807, 2.05) is 0 Å². The summed E-state index contributed by atoms with van der Waals surface area (Å²) in [5.41, 5.74) is 1.21. The summed E-state index contributed by atoms with van der Waals surface area (Å²) in [6.45, 7) is 0. The largest absolute Gasteiger partial charge is 0.493 e. The zero-order valence-corrected chi connectivity index (χ0v) is 17.1. The normalized spacial score (nSPS) is 11.0. The maximum atomic E-state index is 11.9. The van der Waals surface area contributed by atoms with Gasteiger partial charge in [-0.3, -0.25) is 0 Å². The topological polar surface area (TPSA) is 129 Å². The zero-order valence-electron chi connectivity index (χ0n) is 17.1. The number of aromatic nitrogens is 1. The van der Waals surface area contributed by atoms with E-state index in [1.165, 1.54) is 47.8 Å². The number of H-pyrrole nitrogens is 1. The summed E-state index contributed by atoms with van der Waals surface area (Å²) >= 11 is 0. The van der Waals surface area contributed by atoms with E-state index in [4.69, 9.17) is 19.0 Å².